The molecule has 0 aliphatic heterocycles. The number of ether oxygens (including phenoxy) is 1. The number of carbonyl (C=O) groups is 1. The maximum Gasteiger partial charge on any atom is 0.319 e. The van der Waals surface area contributed by atoms with Gasteiger partial charge in [0, 0.05) is 24.7 Å². The van der Waals surface area contributed by atoms with Crippen LogP contribution in [0.15, 0.2) is 45.9 Å². The average molecular weight is 356 g/mol. The van der Waals surface area contributed by atoms with Gasteiger partial charge in [0.25, 0.3) is 0 Å². The summed E-state index contributed by atoms with van der Waals surface area (Å²) in [5.74, 6) is 1.20. The molecule has 1 atom stereocenters. The van der Waals surface area contributed by atoms with Crippen LogP contribution in [-0.2, 0) is 6.42 Å². The molecule has 8 heteroatoms. The molecular weight excluding hydrogens is 336 g/mol. The smallest absolute Gasteiger partial charge is 0.319 e. The molecule has 26 heavy (non-hydrogen) atoms. The zero-order valence-electron chi connectivity index (χ0n) is 14.5. The lowest BCUT2D eigenvalue weighted by atomic mass is 10.1. The first-order valence-electron chi connectivity index (χ1n) is 8.23. The molecule has 3 rings (SSSR count). The number of aromatic amines is 1. The van der Waals surface area contributed by atoms with E-state index in [1.165, 1.54) is 13.3 Å². The van der Waals surface area contributed by atoms with Gasteiger partial charge < -0.3 is 24.8 Å². The number of rotatable bonds is 6. The van der Waals surface area contributed by atoms with Crippen molar-refractivity contribution in [3.05, 3.63) is 52.7 Å². The number of hydrogen-bond acceptors (Lipinski definition) is 5. The van der Waals surface area contributed by atoms with Gasteiger partial charge in [-0.15, -0.1) is 0 Å². The molecule has 0 aliphatic rings. The summed E-state index contributed by atoms with van der Waals surface area (Å²) >= 11 is 0. The lowest BCUT2D eigenvalue weighted by molar-refractivity contribution is 0.248. The number of anilines is 1. The van der Waals surface area contributed by atoms with Crippen LogP contribution in [0.5, 0.6) is 5.88 Å². The van der Waals surface area contributed by atoms with E-state index >= 15 is 0 Å². The standard InChI is InChI=1S/C18H20N4O4/c1-11(5-6-12-4-3-9-26-12)20-18(24)21-14-10-19-13-7-8-15(25-2)22-16(13)17(14)23/h3-4,7-11H,5-6H2,1-2H3,(H,19,23)(H2,20,21,24)/t11-/m1/s1. The Kier molecular flexibility index (Phi) is 5.21. The Bertz CT molecular complexity index is 949. The number of aryl methyl sites for hydroxylation is 1. The Morgan fingerprint density at radius 1 is 1.38 bits per heavy atom. The second-order valence-electron chi connectivity index (χ2n) is 5.90. The number of furan rings is 1. The number of nitrogens with one attached hydrogen (secondary N) is 3. The van der Waals surface area contributed by atoms with Gasteiger partial charge >= 0.3 is 6.03 Å². The summed E-state index contributed by atoms with van der Waals surface area (Å²) in [5, 5.41) is 5.36. The van der Waals surface area contributed by atoms with Crippen LogP contribution in [0.1, 0.15) is 19.1 Å². The maximum absolute atomic E-state index is 12.5. The summed E-state index contributed by atoms with van der Waals surface area (Å²) in [6.45, 7) is 1.89. The number of H-pyrrole nitrogens is 1. The Balaban J connectivity index is 1.65. The molecule has 3 aromatic rings. The van der Waals surface area contributed by atoms with Crippen molar-refractivity contribution >= 4 is 22.8 Å². The molecule has 0 fully saturated rings. The van der Waals surface area contributed by atoms with Crippen molar-refractivity contribution in [3.8, 4) is 5.88 Å². The molecule has 0 bridgehead atoms. The molecule has 3 aromatic heterocycles. The topological polar surface area (TPSA) is 109 Å². The van der Waals surface area contributed by atoms with Gasteiger partial charge in [-0.3, -0.25) is 4.79 Å². The number of methoxy groups -OCH3 is 1. The predicted molar refractivity (Wildman–Crippen MR) is 97.6 cm³/mol. The van der Waals surface area contributed by atoms with E-state index in [0.717, 1.165) is 5.76 Å². The summed E-state index contributed by atoms with van der Waals surface area (Å²) < 4.78 is 10.3. The lowest BCUT2D eigenvalue weighted by Gasteiger charge is -2.14. The van der Waals surface area contributed by atoms with E-state index in [0.29, 0.717) is 24.2 Å². The monoisotopic (exact) mass is 356 g/mol. The fraction of sp³-hybridized carbons (Fsp3) is 0.278. The molecule has 0 saturated carbocycles. The average Bonchev–Trinajstić information content (AvgIpc) is 3.16. The van der Waals surface area contributed by atoms with Gasteiger partial charge in [-0.05, 0) is 31.5 Å². The molecule has 0 spiro atoms. The number of pyridine rings is 2. The highest BCUT2D eigenvalue weighted by atomic mass is 16.5. The molecule has 136 valence electrons. The van der Waals surface area contributed by atoms with Crippen LogP contribution in [0.3, 0.4) is 0 Å². The fourth-order valence-electron chi connectivity index (χ4n) is 2.55. The minimum Gasteiger partial charge on any atom is -0.481 e. The first-order chi connectivity index (χ1) is 12.6. The Hall–Kier alpha value is -3.29. The SMILES string of the molecule is COc1ccc2[nH]cc(NC(=O)N[C@H](C)CCc3ccco3)c(=O)c2n1. The number of amides is 2. The summed E-state index contributed by atoms with van der Waals surface area (Å²) in [6.07, 6.45) is 4.50. The van der Waals surface area contributed by atoms with Gasteiger partial charge in [-0.2, -0.15) is 0 Å². The van der Waals surface area contributed by atoms with Crippen LogP contribution in [0.25, 0.3) is 11.0 Å². The van der Waals surface area contributed by atoms with Gasteiger partial charge in [-0.1, -0.05) is 0 Å². The number of hydrogen-bond donors (Lipinski definition) is 3. The minimum atomic E-state index is -0.454. The maximum atomic E-state index is 12.5. The van der Waals surface area contributed by atoms with Crippen molar-refractivity contribution in [1.82, 2.24) is 15.3 Å². The van der Waals surface area contributed by atoms with E-state index < -0.39 is 6.03 Å². The normalized spacial score (nSPS) is 11.9. The van der Waals surface area contributed by atoms with Gasteiger partial charge in [0.05, 0.1) is 18.9 Å². The second kappa shape index (κ2) is 7.73. The highest BCUT2D eigenvalue weighted by molar-refractivity contribution is 5.91. The van der Waals surface area contributed by atoms with Crippen LogP contribution in [0.4, 0.5) is 10.5 Å². The molecule has 2 amide bonds. The van der Waals surface area contributed by atoms with E-state index in [2.05, 4.69) is 20.6 Å². The molecule has 0 radical (unpaired) electrons. The molecule has 8 nitrogen and oxygen atoms in total. The van der Waals surface area contributed by atoms with E-state index in [1.807, 2.05) is 19.1 Å². The van der Waals surface area contributed by atoms with Gasteiger partial charge in [0.1, 0.15) is 17.0 Å². The van der Waals surface area contributed by atoms with Crippen LogP contribution in [-0.4, -0.2) is 29.2 Å². The third kappa shape index (κ3) is 4.02. The largest absolute Gasteiger partial charge is 0.481 e. The third-order valence-corrected chi connectivity index (χ3v) is 3.94. The van der Waals surface area contributed by atoms with E-state index in [4.69, 9.17) is 9.15 Å². The molecular formula is C18H20N4O4. The number of aromatic nitrogens is 2. The van der Waals surface area contributed by atoms with Crippen molar-refractivity contribution in [2.24, 2.45) is 0 Å². The lowest BCUT2D eigenvalue weighted by Crippen LogP contribution is -2.37. The van der Waals surface area contributed by atoms with Crippen LogP contribution < -0.4 is 20.8 Å². The first kappa shape index (κ1) is 17.5. The molecule has 0 aromatic carbocycles. The van der Waals surface area contributed by atoms with E-state index in [1.54, 1.807) is 18.4 Å². The molecule has 0 aliphatic carbocycles. The number of nitrogens with zero attached hydrogens (tertiary/aromatic N) is 1. The first-order valence-corrected chi connectivity index (χ1v) is 8.23. The van der Waals surface area contributed by atoms with Crippen molar-refractivity contribution < 1.29 is 13.9 Å². The van der Waals surface area contributed by atoms with E-state index in [9.17, 15) is 9.59 Å². The number of carbonyl (C=O) groups excluding carboxylic acids is 1. The highest BCUT2D eigenvalue weighted by Crippen LogP contribution is 2.13. The van der Waals surface area contributed by atoms with Crippen molar-refractivity contribution in [1.29, 1.82) is 0 Å². The molecule has 0 unspecified atom stereocenters. The Labute approximate surface area is 149 Å². The molecule has 3 heterocycles. The third-order valence-electron chi connectivity index (χ3n) is 3.94. The van der Waals surface area contributed by atoms with Gasteiger partial charge in [0.2, 0.25) is 11.3 Å². The van der Waals surface area contributed by atoms with Gasteiger partial charge in [0.15, 0.2) is 0 Å². The summed E-state index contributed by atoms with van der Waals surface area (Å²) in [7, 11) is 1.47. The van der Waals surface area contributed by atoms with Crippen molar-refractivity contribution in [2.75, 3.05) is 12.4 Å². The molecule has 0 saturated heterocycles. The van der Waals surface area contributed by atoms with E-state index in [-0.39, 0.29) is 22.7 Å². The van der Waals surface area contributed by atoms with Crippen molar-refractivity contribution in [2.45, 2.75) is 25.8 Å². The quantitative estimate of drug-likeness (QED) is 0.629. The van der Waals surface area contributed by atoms with Gasteiger partial charge in [-0.25, -0.2) is 9.78 Å². The zero-order valence-corrected chi connectivity index (χ0v) is 14.5. The number of fused-ring (bicyclic) bond motifs is 1. The summed E-state index contributed by atoms with van der Waals surface area (Å²) in [4.78, 5) is 31.7. The van der Waals surface area contributed by atoms with Crippen LogP contribution in [0, 0.1) is 0 Å². The molecule has 3 N–H and O–H groups in total. The second-order valence-corrected chi connectivity index (χ2v) is 5.90. The summed E-state index contributed by atoms with van der Waals surface area (Å²) in [5.41, 5.74) is 0.506. The predicted octanol–water partition coefficient (Wildman–Crippen LogP) is 2.67. The highest BCUT2D eigenvalue weighted by Gasteiger charge is 2.12. The Morgan fingerprint density at radius 2 is 2.23 bits per heavy atom. The minimum absolute atomic E-state index is 0.0853. The summed E-state index contributed by atoms with van der Waals surface area (Å²) in [6, 6.07) is 6.53. The zero-order chi connectivity index (χ0) is 18.5. The fourth-order valence-corrected chi connectivity index (χ4v) is 2.55. The van der Waals surface area contributed by atoms with Crippen LogP contribution in [0.2, 0.25) is 0 Å². The van der Waals surface area contributed by atoms with Crippen LogP contribution >= 0.6 is 0 Å². The van der Waals surface area contributed by atoms with Crippen molar-refractivity contribution in [3.63, 3.8) is 0 Å². The Morgan fingerprint density at radius 3 is 2.96 bits per heavy atom. The number of urea groups is 1.